The molecule has 0 aromatic heterocycles. The lowest BCUT2D eigenvalue weighted by Crippen LogP contribution is -2.06. The number of anilines is 1. The Hall–Kier alpha value is -1.96. The molecular formula is C15H14N2OS. The van der Waals surface area contributed by atoms with Gasteiger partial charge in [0.2, 0.25) is 0 Å². The largest absolute Gasteiger partial charge is 0.606 e. The van der Waals surface area contributed by atoms with Gasteiger partial charge in [0.15, 0.2) is 9.79 Å². The van der Waals surface area contributed by atoms with E-state index in [1.165, 1.54) is 0 Å². The summed E-state index contributed by atoms with van der Waals surface area (Å²) in [6.07, 6.45) is 0. The highest BCUT2D eigenvalue weighted by atomic mass is 32.2. The molecule has 2 aromatic rings. The quantitative estimate of drug-likeness (QED) is 0.673. The first-order valence-electron chi connectivity index (χ1n) is 5.81. The van der Waals surface area contributed by atoms with Gasteiger partial charge < -0.3 is 10.3 Å². The number of nitriles is 1. The summed E-state index contributed by atoms with van der Waals surface area (Å²) in [4.78, 5) is 1.16. The predicted octanol–water partition coefficient (Wildman–Crippen LogP) is 2.92. The van der Waals surface area contributed by atoms with E-state index in [4.69, 9.17) is 11.0 Å². The van der Waals surface area contributed by atoms with Gasteiger partial charge in [0, 0.05) is 22.9 Å². The summed E-state index contributed by atoms with van der Waals surface area (Å²) < 4.78 is 12.6. The molecule has 2 N–H and O–H groups in total. The fourth-order valence-electron chi connectivity index (χ4n) is 1.95. The Bertz CT molecular complexity index is 641. The monoisotopic (exact) mass is 270 g/mol. The smallest absolute Gasteiger partial charge is 0.178 e. The van der Waals surface area contributed by atoms with Gasteiger partial charge in [-0.15, -0.1) is 0 Å². The Balaban J connectivity index is 2.52. The van der Waals surface area contributed by atoms with Crippen molar-refractivity contribution in [3.63, 3.8) is 0 Å². The molecular weight excluding hydrogens is 256 g/mol. The van der Waals surface area contributed by atoms with Gasteiger partial charge in [0.25, 0.3) is 0 Å². The van der Waals surface area contributed by atoms with E-state index in [9.17, 15) is 4.55 Å². The van der Waals surface area contributed by atoms with Gasteiger partial charge >= 0.3 is 0 Å². The minimum absolute atomic E-state index is 0.395. The number of nitrogen functional groups attached to an aromatic ring is 1. The Morgan fingerprint density at radius 3 is 2.32 bits per heavy atom. The molecule has 0 spiro atoms. The maximum absolute atomic E-state index is 12.6. The van der Waals surface area contributed by atoms with Crippen LogP contribution < -0.4 is 5.73 Å². The van der Waals surface area contributed by atoms with Crippen LogP contribution in [0.2, 0.25) is 0 Å². The van der Waals surface area contributed by atoms with Crippen LogP contribution in [-0.4, -0.2) is 4.55 Å². The second-order valence-corrected chi connectivity index (χ2v) is 5.91. The van der Waals surface area contributed by atoms with Crippen molar-refractivity contribution in [2.24, 2.45) is 0 Å². The fraction of sp³-hybridized carbons (Fsp3) is 0.133. The average Bonchev–Trinajstić information content (AvgIpc) is 2.36. The van der Waals surface area contributed by atoms with E-state index in [1.807, 2.05) is 32.0 Å². The predicted molar refractivity (Wildman–Crippen MR) is 76.2 cm³/mol. The first-order valence-corrected chi connectivity index (χ1v) is 6.96. The standard InChI is InChI=1S/C15H14N2OS/c1-10-5-11(2)7-14(6-10)19(18)15-8-13(17)4-3-12(15)9-16/h3-8H,17H2,1-2H3. The van der Waals surface area contributed by atoms with E-state index in [-0.39, 0.29) is 0 Å². The van der Waals surface area contributed by atoms with Crippen LogP contribution in [-0.2, 0) is 11.2 Å². The van der Waals surface area contributed by atoms with Crippen LogP contribution in [0, 0.1) is 25.2 Å². The Kier molecular flexibility index (Phi) is 3.79. The molecule has 1 unspecified atom stereocenters. The summed E-state index contributed by atoms with van der Waals surface area (Å²) in [5.74, 6) is 0. The molecule has 0 aliphatic rings. The lowest BCUT2D eigenvalue weighted by Gasteiger charge is -2.13. The Labute approximate surface area is 115 Å². The summed E-state index contributed by atoms with van der Waals surface area (Å²) in [5, 5.41) is 9.09. The molecule has 4 heteroatoms. The zero-order valence-electron chi connectivity index (χ0n) is 10.8. The minimum Gasteiger partial charge on any atom is -0.606 e. The lowest BCUT2D eigenvalue weighted by molar-refractivity contribution is 0.594. The molecule has 0 radical (unpaired) electrons. The van der Waals surface area contributed by atoms with Crippen LogP contribution in [0.5, 0.6) is 0 Å². The van der Waals surface area contributed by atoms with E-state index in [2.05, 4.69) is 6.07 Å². The summed E-state index contributed by atoms with van der Waals surface area (Å²) >= 11 is -1.39. The fourth-order valence-corrected chi connectivity index (χ4v) is 3.35. The highest BCUT2D eigenvalue weighted by Crippen LogP contribution is 2.27. The lowest BCUT2D eigenvalue weighted by atomic mass is 10.2. The zero-order valence-corrected chi connectivity index (χ0v) is 11.6. The summed E-state index contributed by atoms with van der Waals surface area (Å²) in [7, 11) is 0. The van der Waals surface area contributed by atoms with E-state index in [1.54, 1.807) is 18.2 Å². The molecule has 0 heterocycles. The molecule has 2 rings (SSSR count). The van der Waals surface area contributed by atoms with Crippen LogP contribution in [0.3, 0.4) is 0 Å². The first kappa shape index (κ1) is 13.5. The van der Waals surface area contributed by atoms with Crippen molar-refractivity contribution in [3.8, 4) is 6.07 Å². The van der Waals surface area contributed by atoms with Gasteiger partial charge in [0.1, 0.15) is 11.6 Å². The third-order valence-corrected chi connectivity index (χ3v) is 4.14. The van der Waals surface area contributed by atoms with Gasteiger partial charge in [-0.05, 0) is 49.2 Å². The molecule has 96 valence electrons. The number of hydrogen-bond acceptors (Lipinski definition) is 3. The van der Waals surface area contributed by atoms with Crippen molar-refractivity contribution >= 4 is 16.9 Å². The van der Waals surface area contributed by atoms with E-state index in [0.29, 0.717) is 21.0 Å². The minimum atomic E-state index is -1.39. The third-order valence-electron chi connectivity index (χ3n) is 2.74. The second kappa shape index (κ2) is 5.35. The number of hydrogen-bond donors (Lipinski definition) is 1. The van der Waals surface area contributed by atoms with Crippen molar-refractivity contribution < 1.29 is 4.55 Å². The van der Waals surface area contributed by atoms with Crippen molar-refractivity contribution in [1.82, 2.24) is 0 Å². The van der Waals surface area contributed by atoms with Crippen LogP contribution >= 0.6 is 0 Å². The zero-order chi connectivity index (χ0) is 14.0. The van der Waals surface area contributed by atoms with E-state index < -0.39 is 11.2 Å². The molecule has 0 aliphatic carbocycles. The second-order valence-electron chi connectivity index (χ2n) is 4.46. The maximum Gasteiger partial charge on any atom is 0.178 e. The molecule has 1 atom stereocenters. The first-order chi connectivity index (χ1) is 9.01. The Morgan fingerprint density at radius 2 is 1.74 bits per heavy atom. The van der Waals surface area contributed by atoms with Gasteiger partial charge in [-0.3, -0.25) is 0 Å². The maximum atomic E-state index is 12.6. The number of benzene rings is 2. The summed E-state index contributed by atoms with van der Waals surface area (Å²) in [6.45, 7) is 3.91. The summed E-state index contributed by atoms with van der Waals surface area (Å²) in [5.41, 5.74) is 8.71. The molecule has 0 aliphatic heterocycles. The van der Waals surface area contributed by atoms with Gasteiger partial charge in [-0.2, -0.15) is 5.26 Å². The summed E-state index contributed by atoms with van der Waals surface area (Å²) in [6, 6.07) is 12.7. The van der Waals surface area contributed by atoms with Crippen molar-refractivity contribution in [2.45, 2.75) is 23.6 Å². The average molecular weight is 270 g/mol. The van der Waals surface area contributed by atoms with Gasteiger partial charge in [-0.25, -0.2) is 0 Å². The topological polar surface area (TPSA) is 72.9 Å². The number of rotatable bonds is 2. The van der Waals surface area contributed by atoms with Gasteiger partial charge in [-0.1, -0.05) is 6.07 Å². The van der Waals surface area contributed by atoms with E-state index in [0.717, 1.165) is 11.1 Å². The number of nitrogens with zero attached hydrogens (tertiary/aromatic N) is 1. The molecule has 0 fully saturated rings. The van der Waals surface area contributed by atoms with Crippen molar-refractivity contribution in [3.05, 3.63) is 53.1 Å². The molecule has 19 heavy (non-hydrogen) atoms. The number of nitrogens with two attached hydrogens (primary N) is 1. The number of aryl methyl sites for hydroxylation is 2. The third kappa shape index (κ3) is 2.90. The normalized spacial score (nSPS) is 11.9. The molecule has 0 saturated heterocycles. The highest BCUT2D eigenvalue weighted by Gasteiger charge is 2.20. The van der Waals surface area contributed by atoms with Crippen LogP contribution in [0.4, 0.5) is 5.69 Å². The van der Waals surface area contributed by atoms with E-state index >= 15 is 0 Å². The van der Waals surface area contributed by atoms with Crippen LogP contribution in [0.1, 0.15) is 16.7 Å². The molecule has 3 nitrogen and oxygen atoms in total. The molecule has 0 saturated carbocycles. The van der Waals surface area contributed by atoms with Crippen molar-refractivity contribution in [1.29, 1.82) is 5.26 Å². The van der Waals surface area contributed by atoms with Crippen molar-refractivity contribution in [2.75, 3.05) is 5.73 Å². The van der Waals surface area contributed by atoms with Gasteiger partial charge in [0.05, 0.1) is 0 Å². The Morgan fingerprint density at radius 1 is 1.11 bits per heavy atom. The highest BCUT2D eigenvalue weighted by molar-refractivity contribution is 7.91. The van der Waals surface area contributed by atoms with Crippen LogP contribution in [0.15, 0.2) is 46.2 Å². The SMILES string of the molecule is Cc1cc(C)cc([S+]([O-])c2cc(N)ccc2C#N)c1. The molecule has 0 amide bonds. The molecule has 2 aromatic carbocycles. The van der Waals surface area contributed by atoms with Crippen LogP contribution in [0.25, 0.3) is 0 Å². The molecule has 0 bridgehead atoms.